The summed E-state index contributed by atoms with van der Waals surface area (Å²) in [5.41, 5.74) is 0.371. The van der Waals surface area contributed by atoms with Crippen molar-refractivity contribution in [3.63, 3.8) is 0 Å². The molecule has 35 heavy (non-hydrogen) atoms. The number of phenols is 1. The first-order chi connectivity index (χ1) is 16.7. The molecule has 1 aliphatic rings. The lowest BCUT2D eigenvalue weighted by Crippen LogP contribution is -2.37. The van der Waals surface area contributed by atoms with E-state index in [0.29, 0.717) is 22.8 Å². The van der Waals surface area contributed by atoms with Gasteiger partial charge < -0.3 is 20.2 Å². The molecule has 4 aromatic rings. The van der Waals surface area contributed by atoms with Crippen LogP contribution in [0.3, 0.4) is 0 Å². The molecule has 5 rings (SSSR count). The van der Waals surface area contributed by atoms with E-state index in [-0.39, 0.29) is 52.5 Å². The van der Waals surface area contributed by atoms with Crippen LogP contribution in [-0.2, 0) is 11.2 Å². The fourth-order valence-electron chi connectivity index (χ4n) is 4.87. The number of nitrogens with zero attached hydrogens (tertiary/aromatic N) is 4. The van der Waals surface area contributed by atoms with Gasteiger partial charge in [0.25, 0.3) is 0 Å². The zero-order valence-electron chi connectivity index (χ0n) is 19.0. The maximum atomic E-state index is 16.0. The molecule has 180 valence electrons. The Hall–Kier alpha value is -3.92. The van der Waals surface area contributed by atoms with Crippen molar-refractivity contribution in [2.45, 2.75) is 38.8 Å². The summed E-state index contributed by atoms with van der Waals surface area (Å²) >= 11 is 0. The summed E-state index contributed by atoms with van der Waals surface area (Å²) in [4.78, 5) is 26.1. The fourth-order valence-corrected chi connectivity index (χ4v) is 4.87. The number of β-amino-alcohol motifs (C(OH)–C–C–N with tert-alkyl or cyclic N) is 1. The van der Waals surface area contributed by atoms with Gasteiger partial charge in [-0.2, -0.15) is 0 Å². The molecule has 1 saturated heterocycles. The molecule has 10 heteroatoms. The van der Waals surface area contributed by atoms with Crippen molar-refractivity contribution in [3.8, 4) is 17.0 Å². The van der Waals surface area contributed by atoms with E-state index in [9.17, 15) is 24.5 Å². The maximum Gasteiger partial charge on any atom is 0.326 e. The molecule has 3 N–H and O–H groups in total. The minimum absolute atomic E-state index is 0.00844. The summed E-state index contributed by atoms with van der Waals surface area (Å²) in [5.74, 6) is -2.14. The molecule has 2 atom stereocenters. The molecule has 0 bridgehead atoms. The van der Waals surface area contributed by atoms with Crippen LogP contribution in [0.2, 0.25) is 0 Å². The van der Waals surface area contributed by atoms with Crippen LogP contribution in [0.4, 0.5) is 14.6 Å². The Labute approximate surface area is 198 Å². The first kappa shape index (κ1) is 22.9. The number of aromatic hydroxyl groups is 1. The average Bonchev–Trinajstić information content (AvgIpc) is 3.21. The van der Waals surface area contributed by atoms with Gasteiger partial charge in [-0.1, -0.05) is 13.0 Å². The number of anilines is 1. The smallest absolute Gasteiger partial charge is 0.326 e. The highest BCUT2D eigenvalue weighted by atomic mass is 19.1. The zero-order chi connectivity index (χ0) is 25.0. The summed E-state index contributed by atoms with van der Waals surface area (Å²) in [7, 11) is 0. The number of carboxylic acids is 1. The number of aliphatic hydroxyl groups is 1. The number of aryl methyl sites for hydroxylation is 2. The van der Waals surface area contributed by atoms with E-state index in [1.807, 2.05) is 0 Å². The van der Waals surface area contributed by atoms with Crippen molar-refractivity contribution >= 4 is 33.5 Å². The van der Waals surface area contributed by atoms with Crippen LogP contribution in [0.15, 0.2) is 30.5 Å². The second kappa shape index (κ2) is 8.38. The standard InChI is InChI=1S/C25H22F2N4O4/c1-3-15-18(26)5-4-12-6-13(32)7-16(20(12)15)22-21(27)23-17(9-28-22)24(30-11(2)29-23)31-10-14(33)8-19(31)25(34)35/h4-7,9,14,19,32-33H,3,8,10H2,1-2H3,(H,34,35)/t14-,19+/m1/s1. The van der Waals surface area contributed by atoms with Gasteiger partial charge in [0.05, 0.1) is 11.5 Å². The molecule has 1 fully saturated rings. The number of benzene rings is 2. The molecule has 1 aliphatic heterocycles. The second-order valence-electron chi connectivity index (χ2n) is 8.64. The van der Waals surface area contributed by atoms with Crippen LogP contribution in [0.1, 0.15) is 24.7 Å². The Kier molecular flexibility index (Phi) is 5.47. The summed E-state index contributed by atoms with van der Waals surface area (Å²) < 4.78 is 30.6. The number of pyridine rings is 1. The monoisotopic (exact) mass is 480 g/mol. The summed E-state index contributed by atoms with van der Waals surface area (Å²) in [6.07, 6.45) is 0.816. The molecule has 3 heterocycles. The molecule has 0 unspecified atom stereocenters. The third-order valence-electron chi connectivity index (χ3n) is 6.37. The molecule has 8 nitrogen and oxygen atoms in total. The van der Waals surface area contributed by atoms with E-state index in [2.05, 4.69) is 15.0 Å². The predicted molar refractivity (Wildman–Crippen MR) is 125 cm³/mol. The van der Waals surface area contributed by atoms with E-state index in [4.69, 9.17) is 0 Å². The van der Waals surface area contributed by atoms with Gasteiger partial charge in [-0.15, -0.1) is 0 Å². The van der Waals surface area contributed by atoms with Gasteiger partial charge in [-0.25, -0.2) is 23.5 Å². The Balaban J connectivity index is 1.78. The summed E-state index contributed by atoms with van der Waals surface area (Å²) in [5, 5.41) is 31.1. The Morgan fingerprint density at radius 2 is 2.00 bits per heavy atom. The van der Waals surface area contributed by atoms with Crippen LogP contribution in [0.5, 0.6) is 5.75 Å². The molecule has 0 radical (unpaired) electrons. The third-order valence-corrected chi connectivity index (χ3v) is 6.37. The number of phenolic OH excluding ortho intramolecular Hbond substituents is 1. The number of halogens is 2. The van der Waals surface area contributed by atoms with Gasteiger partial charge in [0, 0.05) is 24.7 Å². The van der Waals surface area contributed by atoms with Crippen molar-refractivity contribution in [1.29, 1.82) is 0 Å². The normalized spacial score (nSPS) is 18.0. The molecule has 0 spiro atoms. The van der Waals surface area contributed by atoms with E-state index < -0.39 is 29.7 Å². The van der Waals surface area contributed by atoms with Crippen LogP contribution < -0.4 is 4.90 Å². The number of aromatic nitrogens is 3. The Morgan fingerprint density at radius 1 is 1.23 bits per heavy atom. The lowest BCUT2D eigenvalue weighted by Gasteiger charge is -2.24. The molecular weight excluding hydrogens is 458 g/mol. The lowest BCUT2D eigenvalue weighted by molar-refractivity contribution is -0.138. The van der Waals surface area contributed by atoms with Gasteiger partial charge in [0.2, 0.25) is 0 Å². The number of fused-ring (bicyclic) bond motifs is 2. The van der Waals surface area contributed by atoms with Crippen molar-refractivity contribution in [2.75, 3.05) is 11.4 Å². The SMILES string of the molecule is CCc1c(F)ccc2cc(O)cc(-c3ncc4c(N5C[C@H](O)C[C@H]5C(=O)O)nc(C)nc4c3F)c12. The van der Waals surface area contributed by atoms with E-state index in [1.54, 1.807) is 13.8 Å². The third kappa shape index (κ3) is 3.70. The number of carbonyl (C=O) groups is 1. The van der Waals surface area contributed by atoms with Crippen LogP contribution >= 0.6 is 0 Å². The topological polar surface area (TPSA) is 120 Å². The highest BCUT2D eigenvalue weighted by Gasteiger charge is 2.38. The van der Waals surface area contributed by atoms with Crippen LogP contribution in [0, 0.1) is 18.6 Å². The first-order valence-electron chi connectivity index (χ1n) is 11.1. The zero-order valence-corrected chi connectivity index (χ0v) is 19.0. The van der Waals surface area contributed by atoms with Crippen LogP contribution in [0.25, 0.3) is 32.9 Å². The number of aliphatic hydroxyl groups excluding tert-OH is 1. The van der Waals surface area contributed by atoms with Gasteiger partial charge in [-0.05, 0) is 47.9 Å². The van der Waals surface area contributed by atoms with Gasteiger partial charge >= 0.3 is 5.97 Å². The number of rotatable bonds is 4. The molecule has 0 aliphatic carbocycles. The molecule has 0 saturated carbocycles. The Morgan fingerprint density at radius 3 is 2.71 bits per heavy atom. The van der Waals surface area contributed by atoms with Gasteiger partial charge in [-0.3, -0.25) is 4.98 Å². The molecule has 2 aromatic carbocycles. The highest BCUT2D eigenvalue weighted by Crippen LogP contribution is 2.39. The molecule has 0 amide bonds. The quantitative estimate of drug-likeness (QED) is 0.404. The largest absolute Gasteiger partial charge is 0.508 e. The number of carboxylic acid groups (broad SMARTS) is 1. The van der Waals surface area contributed by atoms with Crippen molar-refractivity contribution in [2.24, 2.45) is 0 Å². The number of hydrogen-bond acceptors (Lipinski definition) is 7. The maximum absolute atomic E-state index is 16.0. The highest BCUT2D eigenvalue weighted by molar-refractivity contribution is 6.02. The van der Waals surface area contributed by atoms with E-state index >= 15 is 4.39 Å². The second-order valence-corrected chi connectivity index (χ2v) is 8.64. The lowest BCUT2D eigenvalue weighted by atomic mass is 9.94. The first-order valence-corrected chi connectivity index (χ1v) is 11.1. The van der Waals surface area contributed by atoms with Gasteiger partial charge in [0.1, 0.15) is 40.5 Å². The summed E-state index contributed by atoms with van der Waals surface area (Å²) in [6, 6.07) is 4.60. The number of aliphatic carboxylic acids is 1. The minimum Gasteiger partial charge on any atom is -0.508 e. The van der Waals surface area contributed by atoms with Crippen LogP contribution in [-0.4, -0.2) is 54.9 Å². The predicted octanol–water partition coefficient (Wildman–Crippen LogP) is 3.72. The number of hydrogen-bond donors (Lipinski definition) is 3. The Bertz CT molecular complexity index is 1510. The van der Waals surface area contributed by atoms with E-state index in [1.165, 1.54) is 35.4 Å². The van der Waals surface area contributed by atoms with Crippen molar-refractivity contribution < 1.29 is 28.9 Å². The summed E-state index contributed by atoms with van der Waals surface area (Å²) in [6.45, 7) is 3.35. The van der Waals surface area contributed by atoms with E-state index in [0.717, 1.165) is 0 Å². The van der Waals surface area contributed by atoms with Crippen molar-refractivity contribution in [3.05, 3.63) is 53.5 Å². The van der Waals surface area contributed by atoms with Gasteiger partial charge in [0.15, 0.2) is 5.82 Å². The minimum atomic E-state index is -1.13. The molecular formula is C25H22F2N4O4. The molecule has 2 aromatic heterocycles. The average molecular weight is 480 g/mol. The fraction of sp³-hybridized carbons (Fsp3) is 0.280. The van der Waals surface area contributed by atoms with Crippen molar-refractivity contribution in [1.82, 2.24) is 15.0 Å².